The minimum absolute atomic E-state index is 0.00583. The van der Waals surface area contributed by atoms with E-state index >= 15 is 0 Å². The Hall–Kier alpha value is -1.36. The average Bonchev–Trinajstić information content (AvgIpc) is 2.38. The molecule has 1 aliphatic rings. The van der Waals surface area contributed by atoms with Gasteiger partial charge < -0.3 is 10.2 Å². The van der Waals surface area contributed by atoms with E-state index in [2.05, 4.69) is 29.2 Å². The molecule has 1 aromatic rings. The standard InChI is InChI=1S/C13H22N4O/c1-10(2)16(3)12-7-13(18)17(15-9-12)11-5-4-6-14-8-11/h7,9-11,14H,4-6,8H2,1-3H3. The Labute approximate surface area is 108 Å². The van der Waals surface area contributed by atoms with Crippen LogP contribution in [0.5, 0.6) is 0 Å². The van der Waals surface area contributed by atoms with Gasteiger partial charge in [0.05, 0.1) is 17.9 Å². The highest BCUT2D eigenvalue weighted by molar-refractivity contribution is 5.42. The molecule has 0 aromatic carbocycles. The van der Waals surface area contributed by atoms with Crippen LogP contribution in [0.15, 0.2) is 17.1 Å². The quantitative estimate of drug-likeness (QED) is 0.870. The van der Waals surface area contributed by atoms with Crippen LogP contribution in [0.2, 0.25) is 0 Å². The first-order chi connectivity index (χ1) is 8.59. The summed E-state index contributed by atoms with van der Waals surface area (Å²) in [6.45, 7) is 6.07. The maximum Gasteiger partial charge on any atom is 0.269 e. The second kappa shape index (κ2) is 5.52. The number of hydrogen-bond acceptors (Lipinski definition) is 4. The molecule has 1 unspecified atom stereocenters. The SMILES string of the molecule is CC(C)N(C)c1cnn(C2CCCNC2)c(=O)c1. The molecule has 5 nitrogen and oxygen atoms in total. The molecule has 0 spiro atoms. The van der Waals surface area contributed by atoms with Crippen LogP contribution in [0.4, 0.5) is 5.69 Å². The lowest BCUT2D eigenvalue weighted by molar-refractivity contribution is 0.335. The van der Waals surface area contributed by atoms with E-state index in [0.717, 1.165) is 31.6 Å². The Morgan fingerprint density at radius 3 is 2.89 bits per heavy atom. The van der Waals surface area contributed by atoms with E-state index in [0.29, 0.717) is 6.04 Å². The maximum atomic E-state index is 12.1. The first kappa shape index (κ1) is 13.1. The Balaban J connectivity index is 2.22. The predicted molar refractivity (Wildman–Crippen MR) is 73.2 cm³/mol. The average molecular weight is 250 g/mol. The Bertz CT molecular complexity index is 449. The van der Waals surface area contributed by atoms with Gasteiger partial charge in [-0.05, 0) is 33.2 Å². The molecule has 0 amide bonds. The molecular formula is C13H22N4O. The third-order valence-electron chi connectivity index (χ3n) is 3.61. The highest BCUT2D eigenvalue weighted by Gasteiger charge is 2.17. The number of rotatable bonds is 3. The molecule has 1 aliphatic heterocycles. The van der Waals surface area contributed by atoms with E-state index in [4.69, 9.17) is 0 Å². The van der Waals surface area contributed by atoms with Gasteiger partial charge in [0.1, 0.15) is 0 Å². The van der Waals surface area contributed by atoms with Crippen LogP contribution in [0.1, 0.15) is 32.7 Å². The van der Waals surface area contributed by atoms with Crippen LogP contribution in [0.3, 0.4) is 0 Å². The fraction of sp³-hybridized carbons (Fsp3) is 0.692. The van der Waals surface area contributed by atoms with E-state index in [1.807, 2.05) is 7.05 Å². The number of aromatic nitrogens is 2. The van der Waals surface area contributed by atoms with Gasteiger partial charge in [0.2, 0.25) is 0 Å². The molecule has 1 fully saturated rings. The summed E-state index contributed by atoms with van der Waals surface area (Å²) in [7, 11) is 1.98. The summed E-state index contributed by atoms with van der Waals surface area (Å²) in [6, 6.07) is 2.24. The zero-order chi connectivity index (χ0) is 13.1. The summed E-state index contributed by atoms with van der Waals surface area (Å²) in [5, 5.41) is 7.63. The van der Waals surface area contributed by atoms with Gasteiger partial charge in [0.25, 0.3) is 5.56 Å². The van der Waals surface area contributed by atoms with E-state index in [9.17, 15) is 4.79 Å². The normalized spacial score (nSPS) is 20.1. The fourth-order valence-corrected chi connectivity index (χ4v) is 2.22. The fourth-order valence-electron chi connectivity index (χ4n) is 2.22. The van der Waals surface area contributed by atoms with Crippen molar-refractivity contribution < 1.29 is 0 Å². The summed E-state index contributed by atoms with van der Waals surface area (Å²) in [5.74, 6) is 0. The molecule has 1 N–H and O–H groups in total. The molecule has 1 saturated heterocycles. The molecule has 100 valence electrons. The van der Waals surface area contributed by atoms with E-state index in [-0.39, 0.29) is 11.6 Å². The van der Waals surface area contributed by atoms with E-state index in [1.165, 1.54) is 0 Å². The molecule has 18 heavy (non-hydrogen) atoms. The molecular weight excluding hydrogens is 228 g/mol. The lowest BCUT2D eigenvalue weighted by atomic mass is 10.1. The molecule has 5 heteroatoms. The summed E-state index contributed by atoms with van der Waals surface area (Å²) in [5.41, 5.74) is 0.878. The summed E-state index contributed by atoms with van der Waals surface area (Å²) in [4.78, 5) is 14.2. The van der Waals surface area contributed by atoms with Crippen LogP contribution in [0, 0.1) is 0 Å². The van der Waals surface area contributed by atoms with E-state index in [1.54, 1.807) is 16.9 Å². The molecule has 2 heterocycles. The number of nitrogens with zero attached hydrogens (tertiary/aromatic N) is 3. The topological polar surface area (TPSA) is 50.2 Å². The van der Waals surface area contributed by atoms with Gasteiger partial charge in [-0.25, -0.2) is 4.68 Å². The first-order valence-corrected chi connectivity index (χ1v) is 6.62. The van der Waals surface area contributed by atoms with Gasteiger partial charge in [0.15, 0.2) is 0 Å². The van der Waals surface area contributed by atoms with Crippen LogP contribution in [0.25, 0.3) is 0 Å². The molecule has 1 atom stereocenters. The lowest BCUT2D eigenvalue weighted by Gasteiger charge is -2.26. The van der Waals surface area contributed by atoms with Crippen molar-refractivity contribution in [1.29, 1.82) is 0 Å². The second-order valence-corrected chi connectivity index (χ2v) is 5.20. The van der Waals surface area contributed by atoms with Crippen LogP contribution >= 0.6 is 0 Å². The zero-order valence-corrected chi connectivity index (χ0v) is 11.4. The molecule has 2 rings (SSSR count). The first-order valence-electron chi connectivity index (χ1n) is 6.62. The minimum Gasteiger partial charge on any atom is -0.371 e. The van der Waals surface area contributed by atoms with Crippen LogP contribution in [-0.4, -0.2) is 36.0 Å². The maximum absolute atomic E-state index is 12.1. The number of hydrogen-bond donors (Lipinski definition) is 1. The highest BCUT2D eigenvalue weighted by Crippen LogP contribution is 2.15. The van der Waals surface area contributed by atoms with Crippen molar-refractivity contribution in [3.8, 4) is 0 Å². The summed E-state index contributed by atoms with van der Waals surface area (Å²) < 4.78 is 1.61. The monoisotopic (exact) mass is 250 g/mol. The van der Waals surface area contributed by atoms with Crippen LogP contribution in [-0.2, 0) is 0 Å². The second-order valence-electron chi connectivity index (χ2n) is 5.20. The number of nitrogens with one attached hydrogen (secondary N) is 1. The molecule has 0 aliphatic carbocycles. The predicted octanol–water partition coefficient (Wildman–Crippen LogP) is 1.01. The van der Waals surface area contributed by atoms with Gasteiger partial charge in [0, 0.05) is 25.7 Å². The third kappa shape index (κ3) is 2.72. The van der Waals surface area contributed by atoms with Crippen molar-refractivity contribution in [3.05, 3.63) is 22.6 Å². The molecule has 0 bridgehead atoms. The van der Waals surface area contributed by atoms with Gasteiger partial charge in [-0.2, -0.15) is 5.10 Å². The van der Waals surface area contributed by atoms with Gasteiger partial charge >= 0.3 is 0 Å². The van der Waals surface area contributed by atoms with Crippen molar-refractivity contribution >= 4 is 5.69 Å². The smallest absolute Gasteiger partial charge is 0.269 e. The summed E-state index contributed by atoms with van der Waals surface area (Å²) >= 11 is 0. The minimum atomic E-state index is -0.00583. The lowest BCUT2D eigenvalue weighted by Crippen LogP contribution is -2.38. The summed E-state index contributed by atoms with van der Waals surface area (Å²) in [6.07, 6.45) is 3.92. The number of piperidine rings is 1. The van der Waals surface area contributed by atoms with Crippen molar-refractivity contribution in [2.45, 2.75) is 38.8 Å². The zero-order valence-electron chi connectivity index (χ0n) is 11.4. The Morgan fingerprint density at radius 2 is 2.33 bits per heavy atom. The Kier molecular flexibility index (Phi) is 4.01. The van der Waals surface area contributed by atoms with Gasteiger partial charge in [-0.15, -0.1) is 0 Å². The van der Waals surface area contributed by atoms with Crippen molar-refractivity contribution in [3.63, 3.8) is 0 Å². The Morgan fingerprint density at radius 1 is 1.56 bits per heavy atom. The van der Waals surface area contributed by atoms with Gasteiger partial charge in [-0.1, -0.05) is 0 Å². The highest BCUT2D eigenvalue weighted by atomic mass is 16.1. The largest absolute Gasteiger partial charge is 0.371 e. The van der Waals surface area contributed by atoms with Crippen LogP contribution < -0.4 is 15.8 Å². The van der Waals surface area contributed by atoms with E-state index < -0.39 is 0 Å². The number of anilines is 1. The van der Waals surface area contributed by atoms with Crippen molar-refractivity contribution in [2.75, 3.05) is 25.0 Å². The molecule has 0 radical (unpaired) electrons. The molecule has 0 saturated carbocycles. The molecule has 1 aromatic heterocycles. The third-order valence-corrected chi connectivity index (χ3v) is 3.61. The van der Waals surface area contributed by atoms with Crippen molar-refractivity contribution in [1.82, 2.24) is 15.1 Å². The van der Waals surface area contributed by atoms with Crippen molar-refractivity contribution in [2.24, 2.45) is 0 Å². The van der Waals surface area contributed by atoms with Gasteiger partial charge in [-0.3, -0.25) is 4.79 Å².